The van der Waals surface area contributed by atoms with Gasteiger partial charge in [-0.15, -0.1) is 3.89 Å². The Balaban J connectivity index is 3.89. The second kappa shape index (κ2) is 6.07. The fourth-order valence-corrected chi connectivity index (χ4v) is 3.55. The third-order valence-corrected chi connectivity index (χ3v) is 4.45. The molecule has 0 radical (unpaired) electrons. The highest BCUT2D eigenvalue weighted by Crippen LogP contribution is 2.37. The first kappa shape index (κ1) is 18.1. The first-order valence-corrected chi connectivity index (χ1v) is 8.31. The Morgan fingerprint density at radius 3 is 2.05 bits per heavy atom. The zero-order valence-electron chi connectivity index (χ0n) is 11.7. The zero-order chi connectivity index (χ0) is 17.3. The molecule has 0 aliphatic carbocycles. The van der Waals surface area contributed by atoms with E-state index in [1.165, 1.54) is 13.8 Å². The van der Waals surface area contributed by atoms with Crippen molar-refractivity contribution < 1.29 is 28.8 Å². The van der Waals surface area contributed by atoms with Crippen LogP contribution in [0.2, 0.25) is 0 Å². The maximum atomic E-state index is 13.5. The lowest BCUT2D eigenvalue weighted by atomic mass is 9.98. The van der Waals surface area contributed by atoms with Crippen molar-refractivity contribution >= 4 is 20.7 Å². The SMILES string of the molecule is Cc1c(CN=[N+]=[N-])c(C)c(S(=O)(=O)F)c(C)c1OS(=O)(=O)F. The van der Waals surface area contributed by atoms with Gasteiger partial charge in [-0.25, -0.2) is 0 Å². The van der Waals surface area contributed by atoms with Crippen molar-refractivity contribution in [2.24, 2.45) is 5.11 Å². The molecule has 8 nitrogen and oxygen atoms in total. The monoisotopic (exact) mass is 355 g/mol. The molecule has 12 heteroatoms. The molecule has 0 saturated heterocycles. The molecule has 1 rings (SSSR count). The summed E-state index contributed by atoms with van der Waals surface area (Å²) in [4.78, 5) is 1.63. The fourth-order valence-electron chi connectivity index (χ4n) is 2.15. The number of azide groups is 1. The molecule has 0 bridgehead atoms. The zero-order valence-corrected chi connectivity index (χ0v) is 13.3. The van der Waals surface area contributed by atoms with Crippen LogP contribution >= 0.6 is 0 Å². The molecule has 1 aromatic carbocycles. The quantitative estimate of drug-likeness (QED) is 0.347. The predicted octanol–water partition coefficient (Wildman–Crippen LogP) is 2.67. The first-order valence-electron chi connectivity index (χ1n) is 5.62. The smallest absolute Gasteiger partial charge is 0.358 e. The van der Waals surface area contributed by atoms with Crippen LogP contribution in [0.1, 0.15) is 22.3 Å². The molecule has 0 amide bonds. The Morgan fingerprint density at radius 1 is 1.09 bits per heavy atom. The first-order chi connectivity index (χ1) is 9.90. The van der Waals surface area contributed by atoms with E-state index in [4.69, 9.17) is 5.53 Å². The van der Waals surface area contributed by atoms with E-state index in [9.17, 15) is 24.6 Å². The van der Waals surface area contributed by atoms with Crippen molar-refractivity contribution in [3.8, 4) is 5.75 Å². The van der Waals surface area contributed by atoms with Gasteiger partial charge in [-0.3, -0.25) is 0 Å². The molecule has 0 aliphatic rings. The van der Waals surface area contributed by atoms with Gasteiger partial charge in [0.15, 0.2) is 5.75 Å². The molecule has 0 fully saturated rings. The van der Waals surface area contributed by atoms with Gasteiger partial charge in [0.25, 0.3) is 0 Å². The molecule has 0 aliphatic heterocycles. The predicted molar refractivity (Wildman–Crippen MR) is 72.5 cm³/mol. The fraction of sp³-hybridized carbons (Fsp3) is 0.400. The topological polar surface area (TPSA) is 126 Å². The van der Waals surface area contributed by atoms with Gasteiger partial charge >= 0.3 is 20.7 Å². The van der Waals surface area contributed by atoms with E-state index in [0.717, 1.165) is 6.92 Å². The van der Waals surface area contributed by atoms with Crippen LogP contribution < -0.4 is 4.18 Å². The van der Waals surface area contributed by atoms with Crippen LogP contribution in [-0.2, 0) is 27.3 Å². The largest absolute Gasteiger partial charge is 0.488 e. The minimum Gasteiger partial charge on any atom is -0.358 e. The summed E-state index contributed by atoms with van der Waals surface area (Å²) < 4.78 is 74.2. The van der Waals surface area contributed by atoms with Crippen molar-refractivity contribution in [3.63, 3.8) is 0 Å². The molecule has 0 atom stereocenters. The molecule has 122 valence electrons. The van der Waals surface area contributed by atoms with E-state index in [1.807, 2.05) is 0 Å². The van der Waals surface area contributed by atoms with Crippen molar-refractivity contribution in [2.75, 3.05) is 0 Å². The van der Waals surface area contributed by atoms with Crippen LogP contribution in [0.5, 0.6) is 5.75 Å². The van der Waals surface area contributed by atoms with Gasteiger partial charge in [-0.05, 0) is 43.0 Å². The van der Waals surface area contributed by atoms with E-state index in [0.29, 0.717) is 0 Å². The van der Waals surface area contributed by atoms with Gasteiger partial charge in [0.2, 0.25) is 0 Å². The maximum Gasteiger partial charge on any atom is 0.488 e. The molecule has 1 aromatic rings. The number of halogens is 2. The van der Waals surface area contributed by atoms with E-state index in [2.05, 4.69) is 14.2 Å². The Hall–Kier alpha value is -1.91. The maximum absolute atomic E-state index is 13.5. The van der Waals surface area contributed by atoms with Gasteiger partial charge in [-0.2, -0.15) is 16.8 Å². The molecule has 0 aromatic heterocycles. The lowest BCUT2D eigenvalue weighted by molar-refractivity contribution is 0.435. The molecule has 0 spiro atoms. The van der Waals surface area contributed by atoms with Gasteiger partial charge in [0.05, 0.1) is 6.54 Å². The van der Waals surface area contributed by atoms with E-state index in [-0.39, 0.29) is 23.2 Å². The van der Waals surface area contributed by atoms with Crippen molar-refractivity contribution in [1.82, 2.24) is 0 Å². The second-order valence-corrected chi connectivity index (χ2v) is 6.55. The third kappa shape index (κ3) is 3.84. The number of hydrogen-bond donors (Lipinski definition) is 0. The average Bonchev–Trinajstić information content (AvgIpc) is 2.31. The summed E-state index contributed by atoms with van der Waals surface area (Å²) in [5.74, 6) is -0.660. The summed E-state index contributed by atoms with van der Waals surface area (Å²) in [7, 11) is -10.7. The highest BCUT2D eigenvalue weighted by atomic mass is 32.3. The molecular weight excluding hydrogens is 344 g/mol. The van der Waals surface area contributed by atoms with Gasteiger partial charge < -0.3 is 4.18 Å². The lowest BCUT2D eigenvalue weighted by Gasteiger charge is -2.18. The third-order valence-electron chi connectivity index (χ3n) is 2.99. The van der Waals surface area contributed by atoms with E-state index >= 15 is 0 Å². The minimum atomic E-state index is -5.46. The van der Waals surface area contributed by atoms with Crippen LogP contribution in [0, 0.1) is 20.8 Å². The lowest BCUT2D eigenvalue weighted by Crippen LogP contribution is -2.11. The molecule has 0 saturated carbocycles. The van der Waals surface area contributed by atoms with Crippen LogP contribution in [-0.4, -0.2) is 16.8 Å². The Bertz CT molecular complexity index is 875. The number of hydrogen-bond acceptors (Lipinski definition) is 6. The van der Waals surface area contributed by atoms with Crippen molar-refractivity contribution in [3.05, 3.63) is 32.7 Å². The van der Waals surface area contributed by atoms with Crippen LogP contribution in [0.4, 0.5) is 7.77 Å². The summed E-state index contributed by atoms with van der Waals surface area (Å²) in [6, 6.07) is 0. The highest BCUT2D eigenvalue weighted by Gasteiger charge is 2.28. The van der Waals surface area contributed by atoms with Gasteiger partial charge in [-0.1, -0.05) is 9.00 Å². The number of rotatable bonds is 5. The molecule has 0 heterocycles. The number of benzene rings is 1. The molecule has 22 heavy (non-hydrogen) atoms. The van der Waals surface area contributed by atoms with Crippen LogP contribution in [0.15, 0.2) is 10.0 Å². The number of nitrogens with zero attached hydrogens (tertiary/aromatic N) is 3. The van der Waals surface area contributed by atoms with Crippen molar-refractivity contribution in [2.45, 2.75) is 32.2 Å². The summed E-state index contributed by atoms with van der Waals surface area (Å²) in [6.07, 6.45) is 0. The van der Waals surface area contributed by atoms with Crippen molar-refractivity contribution in [1.29, 1.82) is 0 Å². The second-order valence-electron chi connectivity index (χ2n) is 4.32. The van der Waals surface area contributed by atoms with Gasteiger partial charge in [0.1, 0.15) is 4.90 Å². The van der Waals surface area contributed by atoms with E-state index < -0.39 is 36.9 Å². The highest BCUT2D eigenvalue weighted by molar-refractivity contribution is 7.86. The molecule has 0 unspecified atom stereocenters. The van der Waals surface area contributed by atoms with Crippen LogP contribution in [0.3, 0.4) is 0 Å². The molecular formula is C10H11F2N3O5S2. The molecule has 0 N–H and O–H groups in total. The Morgan fingerprint density at radius 2 is 1.64 bits per heavy atom. The normalized spacial score (nSPS) is 11.9. The minimum absolute atomic E-state index is 0.0241. The van der Waals surface area contributed by atoms with Crippen LogP contribution in [0.25, 0.3) is 10.4 Å². The Kier molecular flexibility index (Phi) is 5.00. The standard InChI is InChI=1S/C10H11F2N3O5S2/c1-5-8(4-14-15-13)6(2)10(21(11,16)17)7(3)9(5)20-22(12,18)19/h4H2,1-3H3. The summed E-state index contributed by atoms with van der Waals surface area (Å²) in [5.41, 5.74) is 7.90. The summed E-state index contributed by atoms with van der Waals surface area (Å²) >= 11 is 0. The Labute approximate surface area is 126 Å². The summed E-state index contributed by atoms with van der Waals surface area (Å²) in [5, 5.41) is 3.22. The van der Waals surface area contributed by atoms with Gasteiger partial charge in [0, 0.05) is 10.5 Å². The van der Waals surface area contributed by atoms with E-state index in [1.54, 1.807) is 0 Å². The summed E-state index contributed by atoms with van der Waals surface area (Å²) in [6.45, 7) is 3.24. The average molecular weight is 355 g/mol.